The smallest absolute Gasteiger partial charge is 0.174 e. The Labute approximate surface area is 207 Å². The molecule has 184 valence electrons. The van der Waals surface area contributed by atoms with Gasteiger partial charge in [-0.1, -0.05) is 43.1 Å². The van der Waals surface area contributed by atoms with E-state index < -0.39 is 17.5 Å². The van der Waals surface area contributed by atoms with Crippen molar-refractivity contribution in [2.45, 2.75) is 57.3 Å². The lowest BCUT2D eigenvalue weighted by Gasteiger charge is -2.42. The monoisotopic (exact) mass is 478 g/mol. The third-order valence-corrected chi connectivity index (χ3v) is 7.68. The Balaban J connectivity index is 1.43. The van der Waals surface area contributed by atoms with E-state index in [4.69, 9.17) is 4.74 Å². The van der Waals surface area contributed by atoms with Crippen LogP contribution in [0.1, 0.15) is 74.0 Å². The van der Waals surface area contributed by atoms with Gasteiger partial charge in [-0.25, -0.2) is 13.2 Å². The fourth-order valence-electron chi connectivity index (χ4n) is 5.84. The van der Waals surface area contributed by atoms with Crippen molar-refractivity contribution in [2.24, 2.45) is 17.8 Å². The summed E-state index contributed by atoms with van der Waals surface area (Å²) >= 11 is 0. The van der Waals surface area contributed by atoms with Crippen molar-refractivity contribution in [3.63, 3.8) is 0 Å². The molecule has 4 unspecified atom stereocenters. The van der Waals surface area contributed by atoms with Gasteiger partial charge in [-0.05, 0) is 98.4 Å². The maximum atomic E-state index is 15.1. The Kier molecular flexibility index (Phi) is 8.39. The Hall–Kier alpha value is -2.93. The molecular weight excluding hydrogens is 445 g/mol. The van der Waals surface area contributed by atoms with Crippen LogP contribution >= 0.6 is 0 Å². The van der Waals surface area contributed by atoms with Crippen LogP contribution in [0.2, 0.25) is 0 Å². The zero-order chi connectivity index (χ0) is 24.8. The molecule has 0 saturated heterocycles. The van der Waals surface area contributed by atoms with Gasteiger partial charge in [0.2, 0.25) is 0 Å². The summed E-state index contributed by atoms with van der Waals surface area (Å²) < 4.78 is 49.4. The Morgan fingerprint density at radius 1 is 0.886 bits per heavy atom. The summed E-state index contributed by atoms with van der Waals surface area (Å²) in [7, 11) is 0. The lowest BCUT2D eigenvalue weighted by atomic mass is 9.63. The molecule has 1 nitrogen and oxygen atoms in total. The van der Waals surface area contributed by atoms with Gasteiger partial charge in [0.15, 0.2) is 23.2 Å². The van der Waals surface area contributed by atoms with Crippen molar-refractivity contribution >= 4 is 0 Å². The number of halogens is 3. The molecule has 0 N–H and O–H groups in total. The standard InChI is InChI=1S/C31H33F3O/c1-3-5-6-21-8-11-25-20-26(13-12-24(25)18-21)27-15-14-23(30(33)31(27)34)10-7-22-9-16-29(28(32)19-22)35-17-4-2/h3-4,9,14-16,19,21,24-26H,1-2,5-6,8,11-13,17-18,20H2. The van der Waals surface area contributed by atoms with E-state index in [1.54, 1.807) is 18.2 Å². The van der Waals surface area contributed by atoms with E-state index in [0.717, 1.165) is 31.6 Å². The van der Waals surface area contributed by atoms with Crippen molar-refractivity contribution in [3.8, 4) is 17.6 Å². The topological polar surface area (TPSA) is 9.23 Å². The molecule has 4 rings (SSSR count). The van der Waals surface area contributed by atoms with Crippen molar-refractivity contribution in [3.05, 3.63) is 89.8 Å². The van der Waals surface area contributed by atoms with Gasteiger partial charge in [0.25, 0.3) is 0 Å². The molecule has 0 spiro atoms. The van der Waals surface area contributed by atoms with E-state index in [-0.39, 0.29) is 23.8 Å². The van der Waals surface area contributed by atoms with Crippen LogP contribution in [-0.2, 0) is 0 Å². The van der Waals surface area contributed by atoms with Gasteiger partial charge >= 0.3 is 0 Å². The van der Waals surface area contributed by atoms with Gasteiger partial charge in [-0.2, -0.15) is 0 Å². The predicted molar refractivity (Wildman–Crippen MR) is 135 cm³/mol. The third-order valence-electron chi connectivity index (χ3n) is 7.68. The molecule has 4 heteroatoms. The third kappa shape index (κ3) is 6.01. The van der Waals surface area contributed by atoms with Gasteiger partial charge in [0.05, 0.1) is 5.56 Å². The summed E-state index contributed by atoms with van der Waals surface area (Å²) in [6.07, 6.45) is 12.4. The minimum Gasteiger partial charge on any atom is -0.486 e. The number of rotatable bonds is 7. The first-order chi connectivity index (χ1) is 17.0. The van der Waals surface area contributed by atoms with Crippen LogP contribution in [0.5, 0.6) is 5.75 Å². The second-order valence-electron chi connectivity index (χ2n) is 9.90. The van der Waals surface area contributed by atoms with Crippen LogP contribution in [-0.4, -0.2) is 6.61 Å². The van der Waals surface area contributed by atoms with Crippen molar-refractivity contribution in [1.82, 2.24) is 0 Å². The molecule has 4 atom stereocenters. The summed E-state index contributed by atoms with van der Waals surface area (Å²) in [5.41, 5.74) is 0.810. The molecule has 0 bridgehead atoms. The molecule has 2 aliphatic rings. The maximum Gasteiger partial charge on any atom is 0.174 e. The van der Waals surface area contributed by atoms with Gasteiger partial charge in [0, 0.05) is 5.56 Å². The zero-order valence-corrected chi connectivity index (χ0v) is 20.2. The van der Waals surface area contributed by atoms with Crippen LogP contribution in [0.4, 0.5) is 13.2 Å². The van der Waals surface area contributed by atoms with E-state index in [2.05, 4.69) is 25.0 Å². The quantitative estimate of drug-likeness (QED) is 0.287. The van der Waals surface area contributed by atoms with Crippen molar-refractivity contribution in [2.75, 3.05) is 6.61 Å². The normalized spacial score (nSPS) is 23.5. The zero-order valence-electron chi connectivity index (χ0n) is 20.2. The van der Waals surface area contributed by atoms with Crippen LogP contribution in [0.15, 0.2) is 55.6 Å². The van der Waals surface area contributed by atoms with Gasteiger partial charge < -0.3 is 4.74 Å². The maximum absolute atomic E-state index is 15.1. The Morgan fingerprint density at radius 2 is 1.69 bits per heavy atom. The molecule has 2 aliphatic carbocycles. The Bertz CT molecular complexity index is 1130. The van der Waals surface area contributed by atoms with Crippen LogP contribution in [0.3, 0.4) is 0 Å². The first-order valence-corrected chi connectivity index (χ1v) is 12.6. The summed E-state index contributed by atoms with van der Waals surface area (Å²) in [5, 5.41) is 0. The average Bonchev–Trinajstić information content (AvgIpc) is 2.87. The van der Waals surface area contributed by atoms with Crippen LogP contribution in [0.25, 0.3) is 0 Å². The number of benzene rings is 2. The van der Waals surface area contributed by atoms with Crippen molar-refractivity contribution in [1.29, 1.82) is 0 Å². The Morgan fingerprint density at radius 3 is 2.46 bits per heavy atom. The SMILES string of the molecule is C=CCCC1CCC2CC(c3ccc(C#Cc4ccc(OCC=C)c(F)c4)c(F)c3F)CCC2C1. The highest BCUT2D eigenvalue weighted by Gasteiger charge is 2.36. The highest BCUT2D eigenvalue weighted by Crippen LogP contribution is 2.48. The van der Waals surface area contributed by atoms with E-state index in [1.165, 1.54) is 43.9 Å². The molecule has 0 heterocycles. The molecule has 0 aromatic heterocycles. The predicted octanol–water partition coefficient (Wildman–Crippen LogP) is 8.33. The summed E-state index contributed by atoms with van der Waals surface area (Å²) in [5.74, 6) is 5.35. The molecule has 0 aliphatic heterocycles. The van der Waals surface area contributed by atoms with Gasteiger partial charge in [-0.15, -0.1) is 6.58 Å². The van der Waals surface area contributed by atoms with E-state index in [9.17, 15) is 8.78 Å². The number of fused-ring (bicyclic) bond motifs is 1. The van der Waals surface area contributed by atoms with Crippen LogP contribution in [0, 0.1) is 47.0 Å². The molecule has 2 aromatic carbocycles. The molecule has 2 aromatic rings. The number of ether oxygens (including phenoxy) is 1. The lowest BCUT2D eigenvalue weighted by Crippen LogP contribution is -2.30. The van der Waals surface area contributed by atoms with Crippen LogP contribution < -0.4 is 4.74 Å². The first-order valence-electron chi connectivity index (χ1n) is 12.6. The first kappa shape index (κ1) is 25.2. The molecule has 35 heavy (non-hydrogen) atoms. The summed E-state index contributed by atoms with van der Waals surface area (Å²) in [6, 6.07) is 7.51. The molecular formula is C31H33F3O. The minimum absolute atomic E-state index is 0.0185. The minimum atomic E-state index is -0.920. The fraction of sp³-hybridized carbons (Fsp3) is 0.419. The van der Waals surface area contributed by atoms with E-state index in [1.807, 2.05) is 6.08 Å². The lowest BCUT2D eigenvalue weighted by molar-refractivity contribution is 0.114. The molecule has 2 saturated carbocycles. The van der Waals surface area contributed by atoms with E-state index >= 15 is 4.39 Å². The highest BCUT2D eigenvalue weighted by molar-refractivity contribution is 5.46. The second-order valence-corrected chi connectivity index (χ2v) is 9.90. The molecule has 0 amide bonds. The average molecular weight is 479 g/mol. The fourth-order valence-corrected chi connectivity index (χ4v) is 5.84. The van der Waals surface area contributed by atoms with Gasteiger partial charge in [-0.3, -0.25) is 0 Å². The molecule has 2 fully saturated rings. The number of hydrogen-bond donors (Lipinski definition) is 0. The number of allylic oxidation sites excluding steroid dienone is 1. The van der Waals surface area contributed by atoms with Crippen molar-refractivity contribution < 1.29 is 17.9 Å². The second kappa shape index (κ2) is 11.7. The highest BCUT2D eigenvalue weighted by atomic mass is 19.2. The number of hydrogen-bond acceptors (Lipinski definition) is 1. The van der Waals surface area contributed by atoms with E-state index in [0.29, 0.717) is 23.0 Å². The van der Waals surface area contributed by atoms with Gasteiger partial charge in [0.1, 0.15) is 6.61 Å². The summed E-state index contributed by atoms with van der Waals surface area (Å²) in [4.78, 5) is 0. The summed E-state index contributed by atoms with van der Waals surface area (Å²) in [6.45, 7) is 7.56. The molecule has 0 radical (unpaired) electrons. The largest absolute Gasteiger partial charge is 0.486 e.